The first kappa shape index (κ1) is 13.5. The summed E-state index contributed by atoms with van der Waals surface area (Å²) in [5.74, 6) is -1.08. The third-order valence-corrected chi connectivity index (χ3v) is 3.43. The quantitative estimate of drug-likeness (QED) is 0.737. The Kier molecular flexibility index (Phi) is 4.16. The molecule has 1 aromatic carbocycles. The molecule has 1 aliphatic heterocycles. The van der Waals surface area contributed by atoms with Gasteiger partial charge in [0.05, 0.1) is 6.10 Å². The van der Waals surface area contributed by atoms with Crippen LogP contribution < -0.4 is 5.32 Å². The number of piperidine rings is 1. The first-order valence-corrected chi connectivity index (χ1v) is 6.41. The van der Waals surface area contributed by atoms with E-state index in [9.17, 15) is 14.7 Å². The van der Waals surface area contributed by atoms with E-state index in [0.29, 0.717) is 18.7 Å². The second kappa shape index (κ2) is 5.84. The van der Waals surface area contributed by atoms with Gasteiger partial charge in [-0.3, -0.25) is 9.59 Å². The first-order chi connectivity index (χ1) is 9.08. The average molecular weight is 262 g/mol. The van der Waals surface area contributed by atoms with Crippen LogP contribution in [0.5, 0.6) is 0 Å². The number of likely N-dealkylation sites (tertiary alicyclic amines) is 1. The Labute approximate surface area is 112 Å². The molecular formula is C14H18N2O3. The van der Waals surface area contributed by atoms with Crippen LogP contribution in [-0.2, 0) is 9.59 Å². The third-order valence-electron chi connectivity index (χ3n) is 3.43. The number of para-hydroxylation sites is 1. The minimum atomic E-state index is -0.659. The number of benzene rings is 1. The monoisotopic (exact) mass is 262 g/mol. The van der Waals surface area contributed by atoms with Crippen LogP contribution in [0.3, 0.4) is 0 Å². The van der Waals surface area contributed by atoms with E-state index in [-0.39, 0.29) is 12.5 Å². The molecule has 0 saturated carbocycles. The van der Waals surface area contributed by atoms with Crippen molar-refractivity contribution >= 4 is 17.5 Å². The summed E-state index contributed by atoms with van der Waals surface area (Å²) in [4.78, 5) is 25.2. The maximum Gasteiger partial charge on any atom is 0.313 e. The summed E-state index contributed by atoms with van der Waals surface area (Å²) in [6.07, 6.45) is 0.160. The van der Waals surface area contributed by atoms with Crippen LogP contribution in [0.2, 0.25) is 0 Å². The van der Waals surface area contributed by atoms with Gasteiger partial charge >= 0.3 is 11.8 Å². The topological polar surface area (TPSA) is 69.6 Å². The molecular weight excluding hydrogens is 244 g/mol. The van der Waals surface area contributed by atoms with E-state index in [0.717, 1.165) is 0 Å². The summed E-state index contributed by atoms with van der Waals surface area (Å²) in [5, 5.41) is 12.3. The highest BCUT2D eigenvalue weighted by molar-refractivity contribution is 6.39. The predicted octanol–water partition coefficient (Wildman–Crippen LogP) is 0.854. The van der Waals surface area contributed by atoms with Crippen LogP contribution in [0.1, 0.15) is 13.3 Å². The van der Waals surface area contributed by atoms with Crippen molar-refractivity contribution in [2.45, 2.75) is 19.4 Å². The van der Waals surface area contributed by atoms with Gasteiger partial charge in [0, 0.05) is 18.8 Å². The minimum Gasteiger partial charge on any atom is -0.391 e. The van der Waals surface area contributed by atoms with Gasteiger partial charge in [0.1, 0.15) is 0 Å². The van der Waals surface area contributed by atoms with Crippen molar-refractivity contribution < 1.29 is 14.7 Å². The number of aliphatic hydroxyl groups excluding tert-OH is 1. The molecule has 2 amide bonds. The number of aliphatic hydroxyl groups is 1. The van der Waals surface area contributed by atoms with E-state index in [1.807, 2.05) is 13.0 Å². The zero-order valence-electron chi connectivity index (χ0n) is 10.9. The van der Waals surface area contributed by atoms with E-state index >= 15 is 0 Å². The van der Waals surface area contributed by atoms with Crippen LogP contribution in [0.25, 0.3) is 0 Å². The van der Waals surface area contributed by atoms with Gasteiger partial charge in [0.2, 0.25) is 0 Å². The number of β-amino-alcohol motifs (C(OH)–C–C–N with tert-alkyl or cyclic N) is 1. The highest BCUT2D eigenvalue weighted by atomic mass is 16.3. The molecule has 1 aliphatic rings. The lowest BCUT2D eigenvalue weighted by Gasteiger charge is -2.33. The maximum absolute atomic E-state index is 12.0. The van der Waals surface area contributed by atoms with Crippen molar-refractivity contribution in [3.63, 3.8) is 0 Å². The first-order valence-electron chi connectivity index (χ1n) is 6.41. The number of anilines is 1. The second-order valence-electron chi connectivity index (χ2n) is 4.90. The van der Waals surface area contributed by atoms with Gasteiger partial charge in [-0.05, 0) is 24.5 Å². The molecule has 1 saturated heterocycles. The number of nitrogens with zero attached hydrogens (tertiary/aromatic N) is 1. The molecule has 2 N–H and O–H groups in total. The summed E-state index contributed by atoms with van der Waals surface area (Å²) < 4.78 is 0. The van der Waals surface area contributed by atoms with Crippen molar-refractivity contribution in [1.82, 2.24) is 4.90 Å². The zero-order valence-corrected chi connectivity index (χ0v) is 10.9. The fourth-order valence-corrected chi connectivity index (χ4v) is 2.08. The summed E-state index contributed by atoms with van der Waals surface area (Å²) >= 11 is 0. The summed E-state index contributed by atoms with van der Waals surface area (Å²) in [6, 6.07) is 8.84. The number of rotatable bonds is 1. The zero-order chi connectivity index (χ0) is 13.8. The average Bonchev–Trinajstić information content (AvgIpc) is 2.42. The lowest BCUT2D eigenvalue weighted by Crippen LogP contribution is -2.49. The third kappa shape index (κ3) is 3.32. The second-order valence-corrected chi connectivity index (χ2v) is 4.90. The number of hydrogen-bond donors (Lipinski definition) is 2. The molecule has 0 aromatic heterocycles. The molecule has 0 spiro atoms. The number of hydrogen-bond acceptors (Lipinski definition) is 3. The maximum atomic E-state index is 12.0. The lowest BCUT2D eigenvalue weighted by atomic mass is 9.96. The molecule has 5 nitrogen and oxygen atoms in total. The van der Waals surface area contributed by atoms with E-state index in [1.54, 1.807) is 24.3 Å². The van der Waals surface area contributed by atoms with Gasteiger partial charge in [-0.1, -0.05) is 25.1 Å². The summed E-state index contributed by atoms with van der Waals surface area (Å²) in [5.41, 5.74) is 0.590. The van der Waals surface area contributed by atoms with Gasteiger partial charge < -0.3 is 15.3 Å². The van der Waals surface area contributed by atoms with Crippen LogP contribution >= 0.6 is 0 Å². The normalized spacial score (nSPS) is 22.9. The molecule has 0 aliphatic carbocycles. The molecule has 102 valence electrons. The SMILES string of the molecule is CC1CCN(C(=O)C(=O)Nc2ccccc2)CC1O. The number of nitrogens with one attached hydrogen (secondary N) is 1. The van der Waals surface area contributed by atoms with E-state index in [1.165, 1.54) is 4.90 Å². The highest BCUT2D eigenvalue weighted by Gasteiger charge is 2.30. The number of carbonyl (C=O) groups excluding carboxylic acids is 2. The van der Waals surface area contributed by atoms with Crippen LogP contribution in [-0.4, -0.2) is 41.0 Å². The van der Waals surface area contributed by atoms with Gasteiger partial charge in [0.25, 0.3) is 0 Å². The Morgan fingerprint density at radius 1 is 1.32 bits per heavy atom. The van der Waals surface area contributed by atoms with Gasteiger partial charge in [-0.2, -0.15) is 0 Å². The van der Waals surface area contributed by atoms with Crippen molar-refractivity contribution in [3.8, 4) is 0 Å². The van der Waals surface area contributed by atoms with Gasteiger partial charge in [-0.25, -0.2) is 0 Å². The molecule has 5 heteroatoms. The van der Waals surface area contributed by atoms with Gasteiger partial charge in [0.15, 0.2) is 0 Å². The molecule has 2 atom stereocenters. The Bertz CT molecular complexity index is 461. The highest BCUT2D eigenvalue weighted by Crippen LogP contribution is 2.17. The van der Waals surface area contributed by atoms with Crippen molar-refractivity contribution in [1.29, 1.82) is 0 Å². The van der Waals surface area contributed by atoms with Crippen molar-refractivity contribution in [3.05, 3.63) is 30.3 Å². The Morgan fingerprint density at radius 3 is 2.63 bits per heavy atom. The van der Waals surface area contributed by atoms with E-state index in [4.69, 9.17) is 0 Å². The summed E-state index contributed by atoms with van der Waals surface area (Å²) in [7, 11) is 0. The van der Waals surface area contributed by atoms with Crippen LogP contribution in [0.15, 0.2) is 30.3 Å². The molecule has 1 aromatic rings. The fourth-order valence-electron chi connectivity index (χ4n) is 2.08. The Morgan fingerprint density at radius 2 is 2.00 bits per heavy atom. The standard InChI is InChI=1S/C14H18N2O3/c1-10-7-8-16(9-12(10)17)14(19)13(18)15-11-5-3-2-4-6-11/h2-6,10,12,17H,7-9H2,1H3,(H,15,18). The Hall–Kier alpha value is -1.88. The van der Waals surface area contributed by atoms with Crippen LogP contribution in [0.4, 0.5) is 5.69 Å². The van der Waals surface area contributed by atoms with Crippen molar-refractivity contribution in [2.75, 3.05) is 18.4 Å². The molecule has 2 rings (SSSR count). The molecule has 0 bridgehead atoms. The van der Waals surface area contributed by atoms with Gasteiger partial charge in [-0.15, -0.1) is 0 Å². The molecule has 1 fully saturated rings. The van der Waals surface area contributed by atoms with E-state index < -0.39 is 17.9 Å². The van der Waals surface area contributed by atoms with Crippen molar-refractivity contribution in [2.24, 2.45) is 5.92 Å². The smallest absolute Gasteiger partial charge is 0.313 e. The molecule has 2 unspecified atom stereocenters. The fraction of sp³-hybridized carbons (Fsp3) is 0.429. The van der Waals surface area contributed by atoms with Crippen LogP contribution in [0, 0.1) is 5.92 Å². The molecule has 1 heterocycles. The number of carbonyl (C=O) groups is 2. The number of amides is 2. The molecule has 19 heavy (non-hydrogen) atoms. The Balaban J connectivity index is 1.94. The minimum absolute atomic E-state index is 0.168. The predicted molar refractivity (Wildman–Crippen MR) is 71.4 cm³/mol. The van der Waals surface area contributed by atoms with E-state index in [2.05, 4.69) is 5.32 Å². The lowest BCUT2D eigenvalue weighted by molar-refractivity contribution is -0.146. The largest absolute Gasteiger partial charge is 0.391 e. The summed E-state index contributed by atoms with van der Waals surface area (Å²) in [6.45, 7) is 2.68. The molecule has 0 radical (unpaired) electrons.